The Morgan fingerprint density at radius 1 is 1.11 bits per heavy atom. The van der Waals surface area contributed by atoms with Crippen LogP contribution in [0.3, 0.4) is 0 Å². The monoisotopic (exact) mass is 642 g/mol. The maximum absolute atomic E-state index is 14.1. The van der Waals surface area contributed by atoms with Gasteiger partial charge in [-0.25, -0.2) is 4.79 Å². The molecule has 0 bridgehead atoms. The van der Waals surface area contributed by atoms with Gasteiger partial charge in [-0.15, -0.1) is 0 Å². The number of carbonyl (C=O) groups is 3. The minimum atomic E-state index is -1.66. The summed E-state index contributed by atoms with van der Waals surface area (Å²) in [5.41, 5.74) is -4.27. The molecule has 0 aromatic heterocycles. The Labute approximate surface area is 269 Å². The fraction of sp³-hybridized carbons (Fsp3) is 0.629. The van der Waals surface area contributed by atoms with Gasteiger partial charge in [0.05, 0.1) is 35.4 Å². The van der Waals surface area contributed by atoms with Gasteiger partial charge in [-0.3, -0.25) is 9.59 Å². The molecule has 5 rings (SSSR count). The smallest absolute Gasteiger partial charge is 0.338 e. The normalized spacial score (nSPS) is 37.4. The molecule has 252 valence electrons. The molecule has 1 aromatic rings. The zero-order valence-electron chi connectivity index (χ0n) is 27.6. The van der Waals surface area contributed by atoms with Crippen molar-refractivity contribution in [3.63, 3.8) is 0 Å². The fourth-order valence-corrected chi connectivity index (χ4v) is 8.86. The number of aliphatic hydroxyl groups excluding tert-OH is 1. The third-order valence-corrected chi connectivity index (χ3v) is 10.8. The van der Waals surface area contributed by atoms with Crippen LogP contribution in [0.1, 0.15) is 71.2 Å². The third kappa shape index (κ3) is 5.30. The number of hydrogen-bond acceptors (Lipinski definition) is 11. The highest BCUT2D eigenvalue weighted by Gasteiger charge is 2.77. The first-order valence-corrected chi connectivity index (χ1v) is 15.7. The van der Waals surface area contributed by atoms with Crippen LogP contribution < -0.4 is 0 Å². The molecule has 46 heavy (non-hydrogen) atoms. The topological polar surface area (TPSA) is 147 Å². The molecule has 0 amide bonds. The van der Waals surface area contributed by atoms with Crippen molar-refractivity contribution in [2.24, 2.45) is 16.7 Å². The largest absolute Gasteiger partial charge is 0.458 e. The van der Waals surface area contributed by atoms with Crippen LogP contribution in [0.2, 0.25) is 0 Å². The zero-order chi connectivity index (χ0) is 33.8. The highest BCUT2D eigenvalue weighted by Crippen LogP contribution is 2.68. The average Bonchev–Trinajstić information content (AvgIpc) is 3.20. The van der Waals surface area contributed by atoms with Gasteiger partial charge in [0.25, 0.3) is 0 Å². The number of benzene rings is 1. The van der Waals surface area contributed by atoms with Crippen LogP contribution in [0.5, 0.6) is 0 Å². The fourth-order valence-electron chi connectivity index (χ4n) is 8.86. The van der Waals surface area contributed by atoms with E-state index in [9.17, 15) is 24.6 Å². The quantitative estimate of drug-likeness (QED) is 0.176. The van der Waals surface area contributed by atoms with E-state index < -0.39 is 82.7 Å². The number of hydrogen-bond donors (Lipinski definition) is 2. The van der Waals surface area contributed by atoms with E-state index in [1.807, 2.05) is 6.92 Å². The minimum absolute atomic E-state index is 0.000468. The van der Waals surface area contributed by atoms with Crippen LogP contribution in [0.25, 0.3) is 0 Å². The second-order valence-electron chi connectivity index (χ2n) is 13.9. The number of ether oxygens (including phenoxy) is 6. The van der Waals surface area contributed by atoms with Crippen molar-refractivity contribution in [2.75, 3.05) is 13.7 Å². The predicted octanol–water partition coefficient (Wildman–Crippen LogP) is 3.66. The first kappa shape index (κ1) is 34.3. The highest BCUT2D eigenvalue weighted by molar-refractivity contribution is 5.89. The summed E-state index contributed by atoms with van der Waals surface area (Å²) >= 11 is 0. The van der Waals surface area contributed by atoms with Crippen LogP contribution in [-0.4, -0.2) is 89.8 Å². The number of methoxy groups -OCH3 is 1. The molecular formula is C35H46O11. The van der Waals surface area contributed by atoms with E-state index >= 15 is 0 Å². The SMILES string of the molecule is C=C[C@H](OC)O[C@H]1C[C@H]2OC[C@@]2(OC(C)=O)[C@H]2[C@H](OC(=O)c3ccccc3)C3(C(C)(C)O)C[C@H](O)C(C)=C3[C@H](OC(C)=O)C[C@]12C. The molecule has 1 aliphatic heterocycles. The van der Waals surface area contributed by atoms with Crippen molar-refractivity contribution >= 4 is 17.9 Å². The standard InChI is InChI=1S/C35H46O11/c1-9-27(41-8)44-25-15-26-35(18-42-26,46-21(4)37)29-30(45-31(39)22-13-11-10-12-14-22)34(32(5,6)40)16-23(38)19(2)28(34)24(43-20(3)36)17-33(25,29)7/h9-14,23-27,29-30,38,40H,1,15-18H2,2-8H3/t23-,24+,25-,26+,27+,29-,30-,33+,34?,35-/m0/s1. The first-order chi connectivity index (χ1) is 21.6. The van der Waals surface area contributed by atoms with Crippen LogP contribution >= 0.6 is 0 Å². The summed E-state index contributed by atoms with van der Waals surface area (Å²) in [7, 11) is 1.49. The second kappa shape index (κ2) is 12.2. The minimum Gasteiger partial charge on any atom is -0.458 e. The van der Waals surface area contributed by atoms with Crippen molar-refractivity contribution in [3.8, 4) is 0 Å². The molecular weight excluding hydrogens is 596 g/mol. The van der Waals surface area contributed by atoms with E-state index in [0.29, 0.717) is 11.1 Å². The van der Waals surface area contributed by atoms with E-state index in [-0.39, 0.29) is 31.4 Å². The predicted molar refractivity (Wildman–Crippen MR) is 164 cm³/mol. The van der Waals surface area contributed by atoms with Crippen LogP contribution in [-0.2, 0) is 38.0 Å². The summed E-state index contributed by atoms with van der Waals surface area (Å²) in [6.45, 7) is 13.3. The molecule has 11 nitrogen and oxygen atoms in total. The van der Waals surface area contributed by atoms with Gasteiger partial charge in [0.2, 0.25) is 0 Å². The molecule has 10 atom stereocenters. The molecule has 2 saturated carbocycles. The van der Waals surface area contributed by atoms with Gasteiger partial charge in [0, 0.05) is 38.7 Å². The average molecular weight is 643 g/mol. The molecule has 4 aliphatic rings. The number of esters is 3. The maximum Gasteiger partial charge on any atom is 0.338 e. The molecule has 1 saturated heterocycles. The Morgan fingerprint density at radius 2 is 1.78 bits per heavy atom. The number of rotatable bonds is 9. The summed E-state index contributed by atoms with van der Waals surface area (Å²) in [4.78, 5) is 39.7. The van der Waals surface area contributed by atoms with Crippen LogP contribution in [0.4, 0.5) is 0 Å². The number of carbonyl (C=O) groups excluding carboxylic acids is 3. The number of fused-ring (bicyclic) bond motifs is 4. The van der Waals surface area contributed by atoms with Gasteiger partial charge >= 0.3 is 17.9 Å². The first-order valence-electron chi connectivity index (χ1n) is 15.7. The van der Waals surface area contributed by atoms with Crippen molar-refractivity contribution < 1.29 is 53.0 Å². The van der Waals surface area contributed by atoms with E-state index in [0.717, 1.165) is 0 Å². The van der Waals surface area contributed by atoms with Gasteiger partial charge in [-0.2, -0.15) is 0 Å². The Balaban J connectivity index is 1.85. The van der Waals surface area contributed by atoms with Crippen LogP contribution in [0.15, 0.2) is 54.1 Å². The van der Waals surface area contributed by atoms with E-state index in [1.165, 1.54) is 27.0 Å². The summed E-state index contributed by atoms with van der Waals surface area (Å²) in [5, 5.41) is 23.8. The Kier molecular flexibility index (Phi) is 9.06. The Morgan fingerprint density at radius 3 is 2.30 bits per heavy atom. The van der Waals surface area contributed by atoms with E-state index in [2.05, 4.69) is 6.58 Å². The Hall–Kier alpha value is -3.09. The van der Waals surface area contributed by atoms with Crippen molar-refractivity contribution in [1.29, 1.82) is 0 Å². The lowest BCUT2D eigenvalue weighted by molar-refractivity contribution is -0.352. The molecule has 1 heterocycles. The molecule has 1 unspecified atom stereocenters. The molecule has 11 heteroatoms. The lowest BCUT2D eigenvalue weighted by Crippen LogP contribution is -2.77. The van der Waals surface area contributed by atoms with Gasteiger partial charge in [0.1, 0.15) is 18.3 Å². The number of aliphatic hydroxyl groups is 2. The Bertz CT molecular complexity index is 1400. The molecule has 0 radical (unpaired) electrons. The third-order valence-electron chi connectivity index (χ3n) is 10.8. The second-order valence-corrected chi connectivity index (χ2v) is 13.9. The summed E-state index contributed by atoms with van der Waals surface area (Å²) in [6.07, 6.45) is -3.53. The highest BCUT2D eigenvalue weighted by atomic mass is 16.7. The van der Waals surface area contributed by atoms with Crippen molar-refractivity contribution in [3.05, 3.63) is 59.7 Å². The lowest BCUT2D eigenvalue weighted by Gasteiger charge is -2.65. The van der Waals surface area contributed by atoms with E-state index in [1.54, 1.807) is 51.1 Å². The van der Waals surface area contributed by atoms with Crippen LogP contribution in [0, 0.1) is 16.7 Å². The maximum atomic E-state index is 14.1. The molecule has 0 spiro atoms. The molecule has 2 N–H and O–H groups in total. The van der Waals surface area contributed by atoms with Gasteiger partial charge < -0.3 is 38.6 Å². The van der Waals surface area contributed by atoms with Gasteiger partial charge in [-0.1, -0.05) is 31.7 Å². The molecule has 3 fully saturated rings. The van der Waals surface area contributed by atoms with Crippen molar-refractivity contribution in [1.82, 2.24) is 0 Å². The molecule has 1 aromatic carbocycles. The van der Waals surface area contributed by atoms with Gasteiger partial charge in [-0.05, 0) is 63.0 Å². The summed E-state index contributed by atoms with van der Waals surface area (Å²) in [6, 6.07) is 8.45. The summed E-state index contributed by atoms with van der Waals surface area (Å²) < 4.78 is 37.1. The summed E-state index contributed by atoms with van der Waals surface area (Å²) in [5.74, 6) is -2.67. The van der Waals surface area contributed by atoms with E-state index in [4.69, 9.17) is 28.4 Å². The lowest BCUT2D eigenvalue weighted by atomic mass is 9.50. The van der Waals surface area contributed by atoms with Crippen molar-refractivity contribution in [2.45, 2.75) is 109 Å². The molecule has 3 aliphatic carbocycles. The van der Waals surface area contributed by atoms with Gasteiger partial charge in [0.15, 0.2) is 11.9 Å². The zero-order valence-corrected chi connectivity index (χ0v) is 27.6.